The monoisotopic (exact) mass is 489 g/mol. The average Bonchev–Trinajstić information content (AvgIpc) is 3.26. The van der Waals surface area contributed by atoms with Gasteiger partial charge in [0, 0.05) is 10.6 Å². The summed E-state index contributed by atoms with van der Waals surface area (Å²) in [6, 6.07) is 14.5. The number of halogens is 1. The Hall–Kier alpha value is -2.26. The molecule has 1 aromatic heterocycles. The molecule has 0 saturated heterocycles. The van der Waals surface area contributed by atoms with Crippen LogP contribution in [0.25, 0.3) is 0 Å². The van der Waals surface area contributed by atoms with Crippen molar-refractivity contribution in [3.63, 3.8) is 0 Å². The number of nitriles is 1. The number of benzene rings is 2. The fraction of sp³-hybridized carbons (Fsp3) is 0.286. The zero-order chi connectivity index (χ0) is 22.4. The van der Waals surface area contributed by atoms with E-state index in [2.05, 4.69) is 43.7 Å². The fourth-order valence-electron chi connectivity index (χ4n) is 3.58. The summed E-state index contributed by atoms with van der Waals surface area (Å²) >= 11 is 8.52. The lowest BCUT2D eigenvalue weighted by Crippen LogP contribution is -2.32. The Labute approximate surface area is 199 Å². The van der Waals surface area contributed by atoms with Crippen molar-refractivity contribution in [1.29, 1.82) is 5.26 Å². The van der Waals surface area contributed by atoms with Crippen molar-refractivity contribution in [2.45, 2.75) is 41.9 Å². The highest BCUT2D eigenvalue weighted by molar-refractivity contribution is 7.98. The lowest BCUT2D eigenvalue weighted by molar-refractivity contribution is -0.199. The van der Waals surface area contributed by atoms with Gasteiger partial charge in [-0.25, -0.2) is 9.67 Å². The second kappa shape index (κ2) is 10.6. The Bertz CT molecular complexity index is 1100. The second-order valence-corrected chi connectivity index (χ2v) is 9.27. The van der Waals surface area contributed by atoms with Gasteiger partial charge in [0.2, 0.25) is 0 Å². The molecule has 1 heterocycles. The van der Waals surface area contributed by atoms with Gasteiger partial charge >= 0.3 is 0 Å². The summed E-state index contributed by atoms with van der Waals surface area (Å²) in [6.07, 6.45) is 6.10. The molecule has 32 heavy (non-hydrogen) atoms. The summed E-state index contributed by atoms with van der Waals surface area (Å²) in [5.74, 6) is 5.94. The van der Waals surface area contributed by atoms with Gasteiger partial charge in [-0.2, -0.15) is 16.3 Å². The molecule has 4 rings (SSSR count). The van der Waals surface area contributed by atoms with Gasteiger partial charge in [0.1, 0.15) is 12.7 Å². The Kier molecular flexibility index (Phi) is 7.57. The lowest BCUT2D eigenvalue weighted by Gasteiger charge is -2.36. The summed E-state index contributed by atoms with van der Waals surface area (Å²) in [5, 5.41) is 14.5. The molecule has 1 fully saturated rings. The van der Waals surface area contributed by atoms with E-state index in [-0.39, 0.29) is 5.41 Å². The highest BCUT2D eigenvalue weighted by atomic mass is 35.5. The molecule has 2 N–H and O–H groups in total. The predicted octanol–water partition coefficient (Wildman–Crippen LogP) is 4.98. The first-order valence-electron chi connectivity index (χ1n) is 9.78. The third-order valence-electron chi connectivity index (χ3n) is 5.34. The van der Waals surface area contributed by atoms with E-state index in [1.54, 1.807) is 28.8 Å². The highest BCUT2D eigenvalue weighted by Crippen LogP contribution is 2.44. The molecule has 0 unspecified atom stereocenters. The van der Waals surface area contributed by atoms with Gasteiger partial charge in [-0.1, -0.05) is 29.8 Å². The van der Waals surface area contributed by atoms with Crippen LogP contribution >= 0.6 is 35.7 Å². The third-order valence-corrected chi connectivity index (χ3v) is 7.08. The van der Waals surface area contributed by atoms with Crippen LogP contribution in [0.4, 0.5) is 0 Å². The molecule has 2 aromatic carbocycles. The average molecular weight is 490 g/mol. The molecular weight excluding hydrogens is 470 g/mol. The van der Waals surface area contributed by atoms with Crippen molar-refractivity contribution < 1.29 is 13.5 Å². The maximum absolute atomic E-state index is 9.84. The van der Waals surface area contributed by atoms with Gasteiger partial charge < -0.3 is 4.18 Å². The molecule has 0 atom stereocenters. The molecule has 166 valence electrons. The SMILES string of the molecule is N#CC1(c2cc(CSc3ccc(OSOON)c(Cl)c3)cc(Cn3cncn3)c2)CCC1. The molecule has 1 aliphatic carbocycles. The minimum Gasteiger partial charge on any atom is -0.397 e. The smallest absolute Gasteiger partial charge is 0.260 e. The van der Waals surface area contributed by atoms with Crippen LogP contribution < -0.4 is 10.1 Å². The normalized spacial score (nSPS) is 14.5. The van der Waals surface area contributed by atoms with Crippen molar-refractivity contribution in [2.75, 3.05) is 0 Å². The van der Waals surface area contributed by atoms with Crippen LogP contribution in [0.1, 0.15) is 36.0 Å². The van der Waals surface area contributed by atoms with Crippen LogP contribution in [0.5, 0.6) is 5.75 Å². The van der Waals surface area contributed by atoms with E-state index in [1.165, 1.54) is 6.33 Å². The molecule has 3 aromatic rings. The predicted molar refractivity (Wildman–Crippen MR) is 122 cm³/mol. The van der Waals surface area contributed by atoms with Crippen LogP contribution in [-0.4, -0.2) is 14.8 Å². The van der Waals surface area contributed by atoms with Crippen LogP contribution in [0.15, 0.2) is 53.9 Å². The molecule has 0 bridgehead atoms. The minimum atomic E-state index is -0.382. The number of aromatic nitrogens is 3. The number of rotatable bonds is 10. The van der Waals surface area contributed by atoms with Crippen LogP contribution in [0.2, 0.25) is 5.02 Å². The zero-order valence-corrected chi connectivity index (χ0v) is 19.3. The summed E-state index contributed by atoms with van der Waals surface area (Å²) in [4.78, 5) is 8.98. The van der Waals surface area contributed by atoms with Crippen molar-refractivity contribution in [1.82, 2.24) is 14.8 Å². The lowest BCUT2D eigenvalue weighted by atomic mass is 9.65. The molecule has 1 aliphatic rings. The number of nitrogens with two attached hydrogens (primary N) is 1. The van der Waals surface area contributed by atoms with E-state index in [0.717, 1.165) is 46.6 Å². The van der Waals surface area contributed by atoms with Crippen molar-refractivity contribution in [2.24, 2.45) is 5.90 Å². The Morgan fingerprint density at radius 3 is 2.72 bits per heavy atom. The standard InChI is InChI=1S/C21H20ClN5O3S2/c22-19-9-18(2-3-20(19)28-32-30-29-24)31-11-16-6-15(10-27-14-25-13-26-27)7-17(8-16)21(12-23)4-1-5-21/h2-3,6-9,13-14H,1,4-5,10-11,24H2. The van der Waals surface area contributed by atoms with Crippen LogP contribution in [0.3, 0.4) is 0 Å². The number of hydrogen-bond donors (Lipinski definition) is 1. The first kappa shape index (κ1) is 22.9. The van der Waals surface area contributed by atoms with E-state index in [1.807, 2.05) is 12.1 Å². The van der Waals surface area contributed by atoms with E-state index in [9.17, 15) is 5.26 Å². The van der Waals surface area contributed by atoms with Crippen LogP contribution in [0, 0.1) is 11.3 Å². The Morgan fingerprint density at radius 2 is 2.06 bits per heavy atom. The van der Waals surface area contributed by atoms with Gasteiger partial charge in [-0.05, 0) is 54.2 Å². The number of hydrogen-bond acceptors (Lipinski definition) is 9. The molecule has 11 heteroatoms. The topological polar surface area (TPSA) is 108 Å². The van der Waals surface area contributed by atoms with Gasteiger partial charge in [-0.15, -0.1) is 21.1 Å². The molecule has 0 radical (unpaired) electrons. The van der Waals surface area contributed by atoms with Gasteiger partial charge in [0.05, 0.1) is 23.1 Å². The summed E-state index contributed by atoms with van der Waals surface area (Å²) in [6.45, 7) is 0.608. The van der Waals surface area contributed by atoms with E-state index in [4.69, 9.17) is 21.7 Å². The molecule has 0 aliphatic heterocycles. The van der Waals surface area contributed by atoms with Gasteiger partial charge in [-0.3, -0.25) is 0 Å². The van der Waals surface area contributed by atoms with Crippen LogP contribution in [-0.2, 0) is 27.0 Å². The van der Waals surface area contributed by atoms with Crippen molar-refractivity contribution >= 4 is 35.7 Å². The largest absolute Gasteiger partial charge is 0.397 e. The molecule has 0 amide bonds. The van der Waals surface area contributed by atoms with E-state index in [0.29, 0.717) is 29.6 Å². The molecule has 0 spiro atoms. The van der Waals surface area contributed by atoms with E-state index >= 15 is 0 Å². The summed E-state index contributed by atoms with van der Waals surface area (Å²) < 4.78 is 11.4. The maximum atomic E-state index is 9.84. The second-order valence-electron chi connectivity index (χ2n) is 7.38. The van der Waals surface area contributed by atoms with Gasteiger partial charge in [0.25, 0.3) is 12.3 Å². The highest BCUT2D eigenvalue weighted by Gasteiger charge is 2.39. The van der Waals surface area contributed by atoms with E-state index < -0.39 is 0 Å². The third kappa shape index (κ3) is 5.38. The number of thioether (sulfide) groups is 1. The Morgan fingerprint density at radius 1 is 1.22 bits per heavy atom. The number of nitrogens with zero attached hydrogens (tertiary/aromatic N) is 4. The molecular formula is C21H20ClN5O3S2. The first-order valence-corrected chi connectivity index (χ1v) is 11.8. The summed E-state index contributed by atoms with van der Waals surface area (Å²) in [5.41, 5.74) is 2.95. The minimum absolute atomic E-state index is 0.382. The van der Waals surface area contributed by atoms with Gasteiger partial charge in [0.15, 0.2) is 5.75 Å². The van der Waals surface area contributed by atoms with Crippen molar-refractivity contribution in [3.05, 3.63) is 70.8 Å². The first-order chi connectivity index (χ1) is 15.6. The summed E-state index contributed by atoms with van der Waals surface area (Å²) in [7, 11) is 0. The molecule has 8 nitrogen and oxygen atoms in total. The maximum Gasteiger partial charge on any atom is 0.260 e. The zero-order valence-electron chi connectivity index (χ0n) is 16.9. The van der Waals surface area contributed by atoms with Crippen molar-refractivity contribution in [3.8, 4) is 11.8 Å². The Balaban J connectivity index is 1.51. The fourth-order valence-corrected chi connectivity index (χ4v) is 5.06. The quantitative estimate of drug-likeness (QED) is 0.138. The molecule has 1 saturated carbocycles.